The van der Waals surface area contributed by atoms with Crippen molar-refractivity contribution in [1.29, 1.82) is 0 Å². The van der Waals surface area contributed by atoms with E-state index < -0.39 is 11.8 Å². The van der Waals surface area contributed by atoms with Gasteiger partial charge in [-0.15, -0.1) is 0 Å². The van der Waals surface area contributed by atoms with Crippen LogP contribution < -0.4 is 20.3 Å². The monoisotopic (exact) mass is 448 g/mol. The van der Waals surface area contributed by atoms with E-state index in [2.05, 4.69) is 26.8 Å². The number of halogens is 1. The summed E-state index contributed by atoms with van der Waals surface area (Å²) in [6.45, 7) is 7.02. The fraction of sp³-hybridized carbons (Fsp3) is 0.333. The maximum absolute atomic E-state index is 12.6. The van der Waals surface area contributed by atoms with Gasteiger partial charge in [-0.3, -0.25) is 20.4 Å². The first-order chi connectivity index (χ1) is 13.4. The zero-order chi connectivity index (χ0) is 20.5. The minimum Gasteiger partial charge on any atom is -0.493 e. The van der Waals surface area contributed by atoms with Crippen molar-refractivity contribution in [2.24, 2.45) is 5.92 Å². The molecular weight excluding hydrogens is 424 g/mol. The van der Waals surface area contributed by atoms with Gasteiger partial charge in [0.25, 0.3) is 11.8 Å². The van der Waals surface area contributed by atoms with E-state index in [1.165, 1.54) is 0 Å². The number of carbonyl (C=O) groups excluding carboxylic acids is 2. The van der Waals surface area contributed by atoms with Crippen LogP contribution in [0.15, 0.2) is 46.9 Å². The van der Waals surface area contributed by atoms with Gasteiger partial charge < -0.3 is 9.47 Å². The number of nitrogens with one attached hydrogen (secondary N) is 2. The van der Waals surface area contributed by atoms with E-state index in [1.807, 2.05) is 20.8 Å². The highest BCUT2D eigenvalue weighted by molar-refractivity contribution is 9.10. The SMILES string of the molecule is CCCOc1ccccc1C(=O)NNC(=O)c1cc(Br)ccc1OCC(C)C. The van der Waals surface area contributed by atoms with E-state index in [4.69, 9.17) is 9.47 Å². The Hall–Kier alpha value is -2.54. The predicted octanol–water partition coefficient (Wildman–Crippen LogP) is 4.35. The van der Waals surface area contributed by atoms with Gasteiger partial charge >= 0.3 is 0 Å². The third-order valence-electron chi connectivity index (χ3n) is 3.64. The third kappa shape index (κ3) is 6.27. The molecule has 0 heterocycles. The number of para-hydroxylation sites is 1. The summed E-state index contributed by atoms with van der Waals surface area (Å²) in [4.78, 5) is 25.1. The predicted molar refractivity (Wildman–Crippen MR) is 112 cm³/mol. The van der Waals surface area contributed by atoms with Gasteiger partial charge in [0.2, 0.25) is 0 Å². The maximum atomic E-state index is 12.6. The Balaban J connectivity index is 2.08. The highest BCUT2D eigenvalue weighted by Gasteiger charge is 2.17. The second-order valence-electron chi connectivity index (χ2n) is 6.60. The molecule has 0 aliphatic carbocycles. The first kappa shape index (κ1) is 21.8. The van der Waals surface area contributed by atoms with Crippen LogP contribution in [0, 0.1) is 5.92 Å². The van der Waals surface area contributed by atoms with Gasteiger partial charge in [0, 0.05) is 4.47 Å². The third-order valence-corrected chi connectivity index (χ3v) is 4.13. The molecule has 2 aromatic rings. The van der Waals surface area contributed by atoms with Crippen LogP contribution in [-0.2, 0) is 0 Å². The molecule has 0 aliphatic heterocycles. The molecule has 0 aromatic heterocycles. The molecule has 0 atom stereocenters. The Morgan fingerprint density at radius 3 is 2.29 bits per heavy atom. The van der Waals surface area contributed by atoms with E-state index in [0.29, 0.717) is 41.8 Å². The number of benzene rings is 2. The van der Waals surface area contributed by atoms with Crippen molar-refractivity contribution >= 4 is 27.7 Å². The summed E-state index contributed by atoms with van der Waals surface area (Å²) in [6, 6.07) is 12.1. The molecule has 0 saturated heterocycles. The highest BCUT2D eigenvalue weighted by Crippen LogP contribution is 2.24. The van der Waals surface area contributed by atoms with Crippen LogP contribution in [0.25, 0.3) is 0 Å². The van der Waals surface area contributed by atoms with Crippen molar-refractivity contribution in [3.63, 3.8) is 0 Å². The molecule has 0 bridgehead atoms. The Kier molecular flexibility index (Phi) is 8.32. The number of hydrogen-bond acceptors (Lipinski definition) is 4. The van der Waals surface area contributed by atoms with Crippen molar-refractivity contribution in [2.75, 3.05) is 13.2 Å². The summed E-state index contributed by atoms with van der Waals surface area (Å²) < 4.78 is 12.0. The number of hydrogen-bond donors (Lipinski definition) is 2. The van der Waals surface area contributed by atoms with Crippen LogP contribution in [0.1, 0.15) is 47.9 Å². The van der Waals surface area contributed by atoms with E-state index in [0.717, 1.165) is 10.9 Å². The van der Waals surface area contributed by atoms with Gasteiger partial charge in [-0.2, -0.15) is 0 Å². The molecule has 150 valence electrons. The number of ether oxygens (including phenoxy) is 2. The first-order valence-electron chi connectivity index (χ1n) is 9.17. The molecule has 0 unspecified atom stereocenters. The molecule has 7 heteroatoms. The maximum Gasteiger partial charge on any atom is 0.273 e. The summed E-state index contributed by atoms with van der Waals surface area (Å²) in [5.74, 6) is 0.314. The molecule has 0 spiro atoms. The first-order valence-corrected chi connectivity index (χ1v) is 9.96. The van der Waals surface area contributed by atoms with Crippen molar-refractivity contribution in [3.8, 4) is 11.5 Å². The molecule has 0 saturated carbocycles. The minimum absolute atomic E-state index is 0.318. The number of amides is 2. The number of rotatable bonds is 8. The molecule has 28 heavy (non-hydrogen) atoms. The summed E-state index contributed by atoms with van der Waals surface area (Å²) in [5, 5.41) is 0. The van der Waals surface area contributed by atoms with Crippen molar-refractivity contribution in [1.82, 2.24) is 10.9 Å². The van der Waals surface area contributed by atoms with Crippen LogP contribution in [0.4, 0.5) is 0 Å². The number of hydrazine groups is 1. The molecular formula is C21H25BrN2O4. The second kappa shape index (κ2) is 10.7. The Morgan fingerprint density at radius 1 is 0.964 bits per heavy atom. The molecule has 2 aromatic carbocycles. The topological polar surface area (TPSA) is 76.7 Å². The molecule has 0 aliphatic rings. The summed E-state index contributed by atoms with van der Waals surface area (Å²) in [6.07, 6.45) is 0.828. The molecule has 6 nitrogen and oxygen atoms in total. The van der Waals surface area contributed by atoms with E-state index >= 15 is 0 Å². The second-order valence-corrected chi connectivity index (χ2v) is 7.51. The molecule has 0 radical (unpaired) electrons. The fourth-order valence-corrected chi connectivity index (χ4v) is 2.66. The van der Waals surface area contributed by atoms with Crippen LogP contribution in [0.3, 0.4) is 0 Å². The largest absolute Gasteiger partial charge is 0.493 e. The average Bonchev–Trinajstić information content (AvgIpc) is 2.69. The van der Waals surface area contributed by atoms with Gasteiger partial charge in [0.15, 0.2) is 0 Å². The molecule has 2 rings (SSSR count). The summed E-state index contributed by atoms with van der Waals surface area (Å²) in [7, 11) is 0. The normalized spacial score (nSPS) is 10.5. The van der Waals surface area contributed by atoms with Crippen LogP contribution in [-0.4, -0.2) is 25.0 Å². The summed E-state index contributed by atoms with van der Waals surface area (Å²) >= 11 is 3.36. The zero-order valence-corrected chi connectivity index (χ0v) is 17.8. The van der Waals surface area contributed by atoms with Crippen molar-refractivity contribution in [3.05, 3.63) is 58.1 Å². The van der Waals surface area contributed by atoms with E-state index in [1.54, 1.807) is 42.5 Å². The standard InChI is InChI=1S/C21H25BrN2O4/c1-4-11-27-18-8-6-5-7-16(18)20(25)23-24-21(26)17-12-15(22)9-10-19(17)28-13-14(2)3/h5-10,12,14H,4,11,13H2,1-3H3,(H,23,25)(H,24,26). The highest BCUT2D eigenvalue weighted by atomic mass is 79.9. The van der Waals surface area contributed by atoms with Crippen LogP contribution in [0.5, 0.6) is 11.5 Å². The van der Waals surface area contributed by atoms with Crippen molar-refractivity contribution in [2.45, 2.75) is 27.2 Å². The Bertz CT molecular complexity index is 824. The lowest BCUT2D eigenvalue weighted by atomic mass is 10.2. The average molecular weight is 449 g/mol. The minimum atomic E-state index is -0.472. The van der Waals surface area contributed by atoms with Gasteiger partial charge in [0.05, 0.1) is 24.3 Å². The lowest BCUT2D eigenvalue weighted by molar-refractivity contribution is 0.0841. The van der Waals surface area contributed by atoms with Crippen LogP contribution in [0.2, 0.25) is 0 Å². The van der Waals surface area contributed by atoms with Gasteiger partial charge in [-0.25, -0.2) is 0 Å². The lowest BCUT2D eigenvalue weighted by Gasteiger charge is -2.15. The lowest BCUT2D eigenvalue weighted by Crippen LogP contribution is -2.42. The smallest absolute Gasteiger partial charge is 0.273 e. The summed E-state index contributed by atoms with van der Waals surface area (Å²) in [5.41, 5.74) is 5.55. The Morgan fingerprint density at radius 2 is 1.61 bits per heavy atom. The molecule has 0 fully saturated rings. The van der Waals surface area contributed by atoms with Gasteiger partial charge in [-0.1, -0.05) is 48.8 Å². The molecule has 2 amide bonds. The van der Waals surface area contributed by atoms with Crippen LogP contribution >= 0.6 is 15.9 Å². The van der Waals surface area contributed by atoms with E-state index in [9.17, 15) is 9.59 Å². The molecule has 2 N–H and O–H groups in total. The van der Waals surface area contributed by atoms with E-state index in [-0.39, 0.29) is 0 Å². The quantitative estimate of drug-likeness (QED) is 0.588. The number of carbonyl (C=O) groups is 2. The zero-order valence-electron chi connectivity index (χ0n) is 16.3. The Labute approximate surface area is 173 Å². The fourth-order valence-electron chi connectivity index (χ4n) is 2.30. The van der Waals surface area contributed by atoms with Gasteiger partial charge in [-0.05, 0) is 42.7 Å². The van der Waals surface area contributed by atoms with Gasteiger partial charge in [0.1, 0.15) is 11.5 Å². The van der Waals surface area contributed by atoms with Crippen molar-refractivity contribution < 1.29 is 19.1 Å².